The molecule has 0 aliphatic carbocycles. The van der Waals surface area contributed by atoms with Crippen LogP contribution in [0.5, 0.6) is 0 Å². The number of amides is 1. The zero-order chi connectivity index (χ0) is 13.3. The molecule has 6 heteroatoms. The number of hydrogen-bond donors (Lipinski definition) is 2. The molecule has 1 saturated heterocycles. The molecule has 2 N–H and O–H groups in total. The van der Waals surface area contributed by atoms with E-state index in [2.05, 4.69) is 15.6 Å². The van der Waals surface area contributed by atoms with E-state index in [1.54, 1.807) is 24.2 Å². The molecule has 1 aliphatic rings. The number of piperidine rings is 1. The summed E-state index contributed by atoms with van der Waals surface area (Å²) in [7, 11) is 0. The number of halogens is 1. The van der Waals surface area contributed by atoms with Gasteiger partial charge in [-0.1, -0.05) is 0 Å². The number of thioether (sulfide) groups is 1. The van der Waals surface area contributed by atoms with E-state index in [4.69, 9.17) is 0 Å². The fourth-order valence-electron chi connectivity index (χ4n) is 2.22. The maximum atomic E-state index is 11.7. The number of rotatable bonds is 6. The fraction of sp³-hybridized carbons (Fsp3) is 0.571. The summed E-state index contributed by atoms with van der Waals surface area (Å²) in [6.07, 6.45) is 7.12. The molecular formula is C14H22ClN3OS. The SMILES string of the molecule is Cl.O=C(CSc1ccncc1)NCCC1CCCNC1. The van der Waals surface area contributed by atoms with Crippen molar-refractivity contribution in [1.29, 1.82) is 0 Å². The summed E-state index contributed by atoms with van der Waals surface area (Å²) in [6.45, 7) is 3.04. The van der Waals surface area contributed by atoms with Crippen molar-refractivity contribution in [3.05, 3.63) is 24.5 Å². The minimum atomic E-state index is 0. The Morgan fingerprint density at radius 1 is 1.45 bits per heavy atom. The Balaban J connectivity index is 0.00000200. The summed E-state index contributed by atoms with van der Waals surface area (Å²) in [5.74, 6) is 1.32. The van der Waals surface area contributed by atoms with Crippen LogP contribution in [0.1, 0.15) is 19.3 Å². The molecule has 4 nitrogen and oxygen atoms in total. The van der Waals surface area contributed by atoms with Gasteiger partial charge in [0.25, 0.3) is 0 Å². The molecule has 1 unspecified atom stereocenters. The number of aromatic nitrogens is 1. The van der Waals surface area contributed by atoms with Gasteiger partial charge in [0.1, 0.15) is 0 Å². The van der Waals surface area contributed by atoms with Crippen LogP contribution < -0.4 is 10.6 Å². The number of nitrogens with one attached hydrogen (secondary N) is 2. The van der Waals surface area contributed by atoms with Gasteiger partial charge in [0.15, 0.2) is 0 Å². The van der Waals surface area contributed by atoms with Crippen molar-refractivity contribution in [2.75, 3.05) is 25.4 Å². The van der Waals surface area contributed by atoms with Gasteiger partial charge >= 0.3 is 0 Å². The van der Waals surface area contributed by atoms with Crippen LogP contribution in [0.3, 0.4) is 0 Å². The Hall–Kier alpha value is -0.780. The normalized spacial score (nSPS) is 18.1. The summed E-state index contributed by atoms with van der Waals surface area (Å²) < 4.78 is 0. The fourth-order valence-corrected chi connectivity index (χ4v) is 2.93. The molecule has 0 aromatic carbocycles. The molecule has 1 fully saturated rings. The van der Waals surface area contributed by atoms with Crippen LogP contribution in [0.15, 0.2) is 29.4 Å². The van der Waals surface area contributed by atoms with E-state index >= 15 is 0 Å². The predicted molar refractivity (Wildman–Crippen MR) is 85.4 cm³/mol. The third kappa shape index (κ3) is 6.59. The summed E-state index contributed by atoms with van der Waals surface area (Å²) in [4.78, 5) is 16.7. The number of pyridine rings is 1. The molecule has 1 atom stereocenters. The Morgan fingerprint density at radius 2 is 2.25 bits per heavy atom. The van der Waals surface area contributed by atoms with Crippen LogP contribution >= 0.6 is 24.2 Å². The van der Waals surface area contributed by atoms with Gasteiger partial charge < -0.3 is 10.6 Å². The van der Waals surface area contributed by atoms with Crippen molar-refractivity contribution in [3.63, 3.8) is 0 Å². The van der Waals surface area contributed by atoms with Gasteiger partial charge in [0.05, 0.1) is 5.75 Å². The first kappa shape index (κ1) is 17.3. The molecule has 1 aliphatic heterocycles. The first-order valence-corrected chi connectivity index (χ1v) is 7.83. The van der Waals surface area contributed by atoms with E-state index in [-0.39, 0.29) is 18.3 Å². The number of nitrogens with zero attached hydrogens (tertiary/aromatic N) is 1. The van der Waals surface area contributed by atoms with Crippen molar-refractivity contribution in [2.24, 2.45) is 5.92 Å². The van der Waals surface area contributed by atoms with Crippen LogP contribution in [-0.4, -0.2) is 36.3 Å². The van der Waals surface area contributed by atoms with Crippen molar-refractivity contribution in [1.82, 2.24) is 15.6 Å². The van der Waals surface area contributed by atoms with Gasteiger partial charge in [-0.3, -0.25) is 9.78 Å². The number of carbonyl (C=O) groups excluding carboxylic acids is 1. The van der Waals surface area contributed by atoms with Gasteiger partial charge in [-0.25, -0.2) is 0 Å². The van der Waals surface area contributed by atoms with Crippen molar-refractivity contribution < 1.29 is 4.79 Å². The molecule has 0 spiro atoms. The molecule has 2 rings (SSSR count). The Morgan fingerprint density at radius 3 is 2.95 bits per heavy atom. The average Bonchev–Trinajstić information content (AvgIpc) is 2.47. The minimum absolute atomic E-state index is 0. The molecule has 0 radical (unpaired) electrons. The first-order chi connectivity index (χ1) is 9.34. The van der Waals surface area contributed by atoms with E-state index in [1.165, 1.54) is 12.8 Å². The number of hydrogen-bond acceptors (Lipinski definition) is 4. The van der Waals surface area contributed by atoms with Crippen molar-refractivity contribution >= 4 is 30.1 Å². The summed E-state index contributed by atoms with van der Waals surface area (Å²) in [5, 5.41) is 6.39. The highest BCUT2D eigenvalue weighted by atomic mass is 35.5. The molecule has 0 saturated carbocycles. The highest BCUT2D eigenvalue weighted by Crippen LogP contribution is 2.16. The van der Waals surface area contributed by atoms with Crippen LogP contribution in [0.4, 0.5) is 0 Å². The zero-order valence-electron chi connectivity index (χ0n) is 11.5. The third-order valence-electron chi connectivity index (χ3n) is 3.29. The van der Waals surface area contributed by atoms with Gasteiger partial charge in [-0.2, -0.15) is 0 Å². The lowest BCUT2D eigenvalue weighted by molar-refractivity contribution is -0.118. The van der Waals surface area contributed by atoms with E-state index in [0.29, 0.717) is 5.75 Å². The quantitative estimate of drug-likeness (QED) is 0.789. The lowest BCUT2D eigenvalue weighted by atomic mass is 9.96. The average molecular weight is 316 g/mol. The maximum Gasteiger partial charge on any atom is 0.230 e. The van der Waals surface area contributed by atoms with Crippen LogP contribution in [0.25, 0.3) is 0 Å². The second kappa shape index (κ2) is 10.0. The highest BCUT2D eigenvalue weighted by Gasteiger charge is 2.12. The van der Waals surface area contributed by atoms with Crippen LogP contribution in [0, 0.1) is 5.92 Å². The van der Waals surface area contributed by atoms with E-state index in [1.807, 2.05) is 12.1 Å². The lowest BCUT2D eigenvalue weighted by Gasteiger charge is -2.22. The summed E-state index contributed by atoms with van der Waals surface area (Å²) >= 11 is 1.55. The van der Waals surface area contributed by atoms with E-state index in [9.17, 15) is 4.79 Å². The Kier molecular flexibility index (Phi) is 8.65. The summed E-state index contributed by atoms with van der Waals surface area (Å²) in [6, 6.07) is 3.84. The molecule has 2 heterocycles. The molecule has 1 aromatic rings. The second-order valence-corrected chi connectivity index (χ2v) is 5.87. The smallest absolute Gasteiger partial charge is 0.230 e. The third-order valence-corrected chi connectivity index (χ3v) is 4.31. The highest BCUT2D eigenvalue weighted by molar-refractivity contribution is 8.00. The van der Waals surface area contributed by atoms with Crippen molar-refractivity contribution in [3.8, 4) is 0 Å². The molecule has 1 aromatic heterocycles. The van der Waals surface area contributed by atoms with Gasteiger partial charge in [0.2, 0.25) is 5.91 Å². The molecule has 20 heavy (non-hydrogen) atoms. The molecule has 112 valence electrons. The molecule has 1 amide bonds. The topological polar surface area (TPSA) is 54.0 Å². The molecular weight excluding hydrogens is 294 g/mol. The summed E-state index contributed by atoms with van der Waals surface area (Å²) in [5.41, 5.74) is 0. The van der Waals surface area contributed by atoms with Crippen molar-refractivity contribution in [2.45, 2.75) is 24.2 Å². The first-order valence-electron chi connectivity index (χ1n) is 6.85. The zero-order valence-corrected chi connectivity index (χ0v) is 13.1. The Bertz CT molecular complexity index is 385. The van der Waals surface area contributed by atoms with Crippen LogP contribution in [0.2, 0.25) is 0 Å². The van der Waals surface area contributed by atoms with Crippen LogP contribution in [-0.2, 0) is 4.79 Å². The molecule has 0 bridgehead atoms. The van der Waals surface area contributed by atoms with E-state index < -0.39 is 0 Å². The minimum Gasteiger partial charge on any atom is -0.355 e. The maximum absolute atomic E-state index is 11.7. The number of carbonyl (C=O) groups is 1. The van der Waals surface area contributed by atoms with Gasteiger partial charge in [-0.05, 0) is 50.4 Å². The van der Waals surface area contributed by atoms with Gasteiger partial charge in [0, 0.05) is 23.8 Å². The standard InChI is InChI=1S/C14H21N3OS.ClH/c18-14(11-19-13-4-7-15-8-5-13)17-9-3-12-2-1-6-16-10-12;/h4-5,7-8,12,16H,1-3,6,9-11H2,(H,17,18);1H. The van der Waals surface area contributed by atoms with Gasteiger partial charge in [-0.15, -0.1) is 24.2 Å². The predicted octanol–water partition coefficient (Wildman–Crippen LogP) is 2.10. The van der Waals surface area contributed by atoms with E-state index in [0.717, 1.165) is 36.9 Å². The Labute approximate surface area is 130 Å². The second-order valence-electron chi connectivity index (χ2n) is 4.82. The lowest BCUT2D eigenvalue weighted by Crippen LogP contribution is -2.33. The monoisotopic (exact) mass is 315 g/mol. The largest absolute Gasteiger partial charge is 0.355 e.